The fraction of sp³-hybridized carbons (Fsp3) is 0.571. The number of piperidine rings is 1. The lowest BCUT2D eigenvalue weighted by Crippen LogP contribution is -2.44. The molecule has 0 bridgehead atoms. The van der Waals surface area contributed by atoms with Gasteiger partial charge in [0.2, 0.25) is 5.91 Å². The van der Waals surface area contributed by atoms with Crippen molar-refractivity contribution in [2.75, 3.05) is 19.6 Å². The molecule has 0 aromatic carbocycles. The predicted molar refractivity (Wildman–Crippen MR) is 68.1 cm³/mol. The van der Waals surface area contributed by atoms with Gasteiger partial charge in [-0.15, -0.1) is 0 Å². The minimum atomic E-state index is -0.140. The molecule has 0 aromatic rings. The summed E-state index contributed by atoms with van der Waals surface area (Å²) in [5.41, 5.74) is 2.13. The molecule has 0 saturated carbocycles. The molecule has 1 spiro atoms. The van der Waals surface area contributed by atoms with Crippen molar-refractivity contribution < 1.29 is 9.18 Å². The Kier molecular flexibility index (Phi) is 2.61. The number of likely N-dealkylation sites (tertiary alicyclic amines) is 1. The molecule has 3 nitrogen and oxygen atoms in total. The molecule has 3 rings (SSSR count). The standard InChI is InChI=1S/C14H17FN2O/c1-10(18)17-6-4-14(5-7-17)9-16-13-3-2-11(15)8-12(13)14/h2,8H,3-7,9H2,1H3. The summed E-state index contributed by atoms with van der Waals surface area (Å²) in [6.45, 7) is 3.90. The summed E-state index contributed by atoms with van der Waals surface area (Å²) in [5.74, 6) is -0.00749. The zero-order valence-corrected chi connectivity index (χ0v) is 10.6. The molecule has 1 saturated heterocycles. The van der Waals surface area contributed by atoms with E-state index in [4.69, 9.17) is 0 Å². The van der Waals surface area contributed by atoms with Crippen molar-refractivity contribution >= 4 is 11.6 Å². The van der Waals surface area contributed by atoms with Crippen LogP contribution in [0.25, 0.3) is 0 Å². The summed E-state index contributed by atoms with van der Waals surface area (Å²) in [5, 5.41) is 0. The van der Waals surface area contributed by atoms with E-state index in [9.17, 15) is 9.18 Å². The fourth-order valence-corrected chi connectivity index (χ4v) is 3.20. The van der Waals surface area contributed by atoms with Crippen LogP contribution in [0.4, 0.5) is 4.39 Å². The van der Waals surface area contributed by atoms with Crippen molar-refractivity contribution in [3.05, 3.63) is 23.6 Å². The number of carbonyl (C=O) groups excluding carboxylic acids is 1. The average molecular weight is 248 g/mol. The third-order valence-corrected chi connectivity index (χ3v) is 4.39. The molecule has 0 atom stereocenters. The maximum Gasteiger partial charge on any atom is 0.219 e. The summed E-state index contributed by atoms with van der Waals surface area (Å²) in [4.78, 5) is 17.8. The molecule has 0 N–H and O–H groups in total. The Labute approximate surface area is 106 Å². The van der Waals surface area contributed by atoms with Gasteiger partial charge in [0, 0.05) is 44.1 Å². The summed E-state index contributed by atoms with van der Waals surface area (Å²) >= 11 is 0. The van der Waals surface area contributed by atoms with Gasteiger partial charge in [-0.05, 0) is 30.6 Å². The SMILES string of the molecule is CC(=O)N1CCC2(CC1)CN=C1CC=C(F)C=C12. The molecule has 2 aliphatic heterocycles. The molecule has 2 heterocycles. The van der Waals surface area contributed by atoms with Crippen LogP contribution >= 0.6 is 0 Å². The number of carbonyl (C=O) groups is 1. The number of amides is 1. The lowest BCUT2D eigenvalue weighted by molar-refractivity contribution is -0.130. The van der Waals surface area contributed by atoms with Crippen LogP contribution in [0.1, 0.15) is 26.2 Å². The third-order valence-electron chi connectivity index (χ3n) is 4.39. The number of aliphatic imine (C=N–C) groups is 1. The Morgan fingerprint density at radius 3 is 2.83 bits per heavy atom. The third kappa shape index (κ3) is 1.71. The summed E-state index contributed by atoms with van der Waals surface area (Å²) in [6.07, 6.45) is 5.66. The number of rotatable bonds is 0. The number of hydrogen-bond acceptors (Lipinski definition) is 2. The second kappa shape index (κ2) is 4.04. The largest absolute Gasteiger partial charge is 0.343 e. The zero-order chi connectivity index (χ0) is 12.8. The highest BCUT2D eigenvalue weighted by Gasteiger charge is 2.43. The van der Waals surface area contributed by atoms with Crippen LogP contribution in [0.15, 0.2) is 28.5 Å². The smallest absolute Gasteiger partial charge is 0.219 e. The van der Waals surface area contributed by atoms with Gasteiger partial charge in [0.05, 0.1) is 0 Å². The molecule has 0 aromatic heterocycles. The minimum Gasteiger partial charge on any atom is -0.343 e. The number of halogens is 1. The van der Waals surface area contributed by atoms with E-state index in [1.165, 1.54) is 0 Å². The van der Waals surface area contributed by atoms with Crippen molar-refractivity contribution in [2.45, 2.75) is 26.2 Å². The van der Waals surface area contributed by atoms with E-state index in [0.717, 1.165) is 43.8 Å². The van der Waals surface area contributed by atoms with Gasteiger partial charge in [-0.1, -0.05) is 0 Å². The van der Waals surface area contributed by atoms with Crippen LogP contribution < -0.4 is 0 Å². The van der Waals surface area contributed by atoms with Crippen molar-refractivity contribution in [3.63, 3.8) is 0 Å². The van der Waals surface area contributed by atoms with Crippen molar-refractivity contribution in [3.8, 4) is 0 Å². The quantitative estimate of drug-likeness (QED) is 0.647. The van der Waals surface area contributed by atoms with Gasteiger partial charge in [-0.2, -0.15) is 0 Å². The van der Waals surface area contributed by atoms with E-state index in [2.05, 4.69) is 4.99 Å². The van der Waals surface area contributed by atoms with E-state index in [1.807, 2.05) is 4.90 Å². The highest BCUT2D eigenvalue weighted by Crippen LogP contribution is 2.45. The number of hydrogen-bond donors (Lipinski definition) is 0. The fourth-order valence-electron chi connectivity index (χ4n) is 3.20. The van der Waals surface area contributed by atoms with E-state index in [0.29, 0.717) is 6.42 Å². The number of fused-ring (bicyclic) bond motifs is 2. The first-order valence-electron chi connectivity index (χ1n) is 6.48. The maximum absolute atomic E-state index is 13.4. The molecule has 1 aliphatic carbocycles. The monoisotopic (exact) mass is 248 g/mol. The second-order valence-electron chi connectivity index (χ2n) is 5.40. The zero-order valence-electron chi connectivity index (χ0n) is 10.6. The molecule has 0 radical (unpaired) electrons. The topological polar surface area (TPSA) is 32.7 Å². The Balaban J connectivity index is 1.82. The minimum absolute atomic E-state index is 0.00706. The molecule has 96 valence electrons. The maximum atomic E-state index is 13.4. The summed E-state index contributed by atoms with van der Waals surface area (Å²) < 4.78 is 13.4. The summed E-state index contributed by atoms with van der Waals surface area (Å²) in [6, 6.07) is 0. The Hall–Kier alpha value is -1.45. The van der Waals surface area contributed by atoms with E-state index >= 15 is 0 Å². The Bertz CT molecular complexity index is 482. The molecular weight excluding hydrogens is 231 g/mol. The summed E-state index contributed by atoms with van der Waals surface area (Å²) in [7, 11) is 0. The normalized spacial score (nSPS) is 25.4. The van der Waals surface area contributed by atoms with Gasteiger partial charge in [0.25, 0.3) is 0 Å². The molecule has 1 fully saturated rings. The van der Waals surface area contributed by atoms with Crippen molar-refractivity contribution in [2.24, 2.45) is 10.4 Å². The van der Waals surface area contributed by atoms with Crippen LogP contribution in [-0.2, 0) is 4.79 Å². The Morgan fingerprint density at radius 2 is 2.17 bits per heavy atom. The number of allylic oxidation sites excluding steroid dienone is 3. The molecule has 0 unspecified atom stereocenters. The van der Waals surface area contributed by atoms with E-state index < -0.39 is 0 Å². The van der Waals surface area contributed by atoms with Crippen LogP contribution in [0.5, 0.6) is 0 Å². The molecular formula is C14H17FN2O. The van der Waals surface area contributed by atoms with Crippen LogP contribution in [0, 0.1) is 5.41 Å². The molecule has 3 aliphatic rings. The highest BCUT2D eigenvalue weighted by molar-refractivity contribution is 6.05. The highest BCUT2D eigenvalue weighted by atomic mass is 19.1. The van der Waals surface area contributed by atoms with Crippen molar-refractivity contribution in [1.82, 2.24) is 4.90 Å². The van der Waals surface area contributed by atoms with Gasteiger partial charge in [0.1, 0.15) is 5.83 Å². The van der Waals surface area contributed by atoms with Crippen molar-refractivity contribution in [1.29, 1.82) is 0 Å². The van der Waals surface area contributed by atoms with Gasteiger partial charge in [0.15, 0.2) is 0 Å². The lowest BCUT2D eigenvalue weighted by atomic mass is 9.71. The average Bonchev–Trinajstić information content (AvgIpc) is 2.69. The first-order chi connectivity index (χ1) is 8.61. The molecule has 18 heavy (non-hydrogen) atoms. The van der Waals surface area contributed by atoms with E-state index in [-0.39, 0.29) is 17.1 Å². The predicted octanol–water partition coefficient (Wildman–Crippen LogP) is 2.25. The van der Waals surface area contributed by atoms with Crippen LogP contribution in [-0.4, -0.2) is 36.2 Å². The number of nitrogens with zero attached hydrogens (tertiary/aromatic N) is 2. The Morgan fingerprint density at radius 1 is 1.44 bits per heavy atom. The van der Waals surface area contributed by atoms with E-state index in [1.54, 1.807) is 19.1 Å². The molecule has 1 amide bonds. The van der Waals surface area contributed by atoms with Gasteiger partial charge in [-0.3, -0.25) is 9.79 Å². The molecule has 4 heteroatoms. The van der Waals surface area contributed by atoms with Gasteiger partial charge in [-0.25, -0.2) is 4.39 Å². The van der Waals surface area contributed by atoms with Gasteiger partial charge >= 0.3 is 0 Å². The van der Waals surface area contributed by atoms with Crippen LogP contribution in [0.2, 0.25) is 0 Å². The lowest BCUT2D eigenvalue weighted by Gasteiger charge is -2.40. The second-order valence-corrected chi connectivity index (χ2v) is 5.40. The van der Waals surface area contributed by atoms with Gasteiger partial charge < -0.3 is 4.90 Å². The first kappa shape index (κ1) is 11.6. The first-order valence-corrected chi connectivity index (χ1v) is 6.48. The van der Waals surface area contributed by atoms with Crippen LogP contribution in [0.3, 0.4) is 0 Å².